The van der Waals surface area contributed by atoms with Crippen molar-refractivity contribution in [2.75, 3.05) is 0 Å². The van der Waals surface area contributed by atoms with Crippen LogP contribution in [0.5, 0.6) is 0 Å². The third-order valence-electron chi connectivity index (χ3n) is 1.57. The molecule has 0 saturated heterocycles. The van der Waals surface area contributed by atoms with Crippen molar-refractivity contribution < 1.29 is 0 Å². The summed E-state index contributed by atoms with van der Waals surface area (Å²) < 4.78 is 0. The second-order valence-electron chi connectivity index (χ2n) is 2.97. The van der Waals surface area contributed by atoms with Gasteiger partial charge in [-0.15, -0.1) is 0 Å². The van der Waals surface area contributed by atoms with Gasteiger partial charge in [0.05, 0.1) is 0 Å². The highest BCUT2D eigenvalue weighted by molar-refractivity contribution is 4.99. The van der Waals surface area contributed by atoms with E-state index in [1.165, 1.54) is 12.0 Å². The Morgan fingerprint density at radius 3 is 2.60 bits per heavy atom. The van der Waals surface area contributed by atoms with Crippen molar-refractivity contribution in [3.05, 3.63) is 24.3 Å². The third-order valence-corrected chi connectivity index (χ3v) is 1.57. The first-order valence-corrected chi connectivity index (χ1v) is 3.97. The second kappa shape index (κ2) is 5.28. The summed E-state index contributed by atoms with van der Waals surface area (Å²) in [4.78, 5) is 0. The van der Waals surface area contributed by atoms with Gasteiger partial charge in [0.25, 0.3) is 0 Å². The molecule has 0 rings (SSSR count). The summed E-state index contributed by atoms with van der Waals surface area (Å²) in [7, 11) is 0. The van der Waals surface area contributed by atoms with Crippen LogP contribution in [0.1, 0.15) is 33.6 Å². The molecule has 0 radical (unpaired) electrons. The zero-order valence-electron chi connectivity index (χ0n) is 7.35. The summed E-state index contributed by atoms with van der Waals surface area (Å²) in [6.45, 7) is 10.3. The van der Waals surface area contributed by atoms with Gasteiger partial charge in [0.2, 0.25) is 0 Å². The van der Waals surface area contributed by atoms with E-state index in [1.54, 1.807) is 0 Å². The summed E-state index contributed by atoms with van der Waals surface area (Å²) in [5, 5.41) is 0. The normalized spacial score (nSPS) is 13.9. The molecule has 58 valence electrons. The van der Waals surface area contributed by atoms with E-state index in [2.05, 4.69) is 39.5 Å². The van der Waals surface area contributed by atoms with E-state index >= 15 is 0 Å². The van der Waals surface area contributed by atoms with Crippen LogP contribution in [0.4, 0.5) is 0 Å². The first kappa shape index (κ1) is 9.48. The smallest absolute Gasteiger partial charge is 0.0144 e. The van der Waals surface area contributed by atoms with Crippen LogP contribution in [0.3, 0.4) is 0 Å². The summed E-state index contributed by atoms with van der Waals surface area (Å²) in [5.74, 6) is 0.722. The molecule has 0 bridgehead atoms. The second-order valence-corrected chi connectivity index (χ2v) is 2.97. The fourth-order valence-corrected chi connectivity index (χ4v) is 0.638. The Bertz CT molecular complexity index is 120. The fourth-order valence-electron chi connectivity index (χ4n) is 0.638. The molecular weight excluding hydrogens is 120 g/mol. The summed E-state index contributed by atoms with van der Waals surface area (Å²) in [6.07, 6.45) is 6.72. The van der Waals surface area contributed by atoms with Crippen molar-refractivity contribution >= 4 is 0 Å². The lowest BCUT2D eigenvalue weighted by Crippen LogP contribution is -1.83. The molecule has 0 aliphatic carbocycles. The van der Waals surface area contributed by atoms with Crippen LogP contribution in [0.15, 0.2) is 24.3 Å². The van der Waals surface area contributed by atoms with Crippen LogP contribution in [0, 0.1) is 5.92 Å². The molecule has 0 nitrogen and oxygen atoms in total. The maximum Gasteiger partial charge on any atom is -0.0144 e. The van der Waals surface area contributed by atoms with E-state index in [9.17, 15) is 0 Å². The van der Waals surface area contributed by atoms with E-state index in [0.29, 0.717) is 0 Å². The molecule has 0 N–H and O–H groups in total. The molecule has 10 heavy (non-hydrogen) atoms. The molecule has 0 aromatic rings. The van der Waals surface area contributed by atoms with Gasteiger partial charge in [0.15, 0.2) is 0 Å². The highest BCUT2D eigenvalue weighted by atomic mass is 13.9. The predicted molar refractivity (Wildman–Crippen MR) is 48.0 cm³/mol. The quantitative estimate of drug-likeness (QED) is 0.521. The highest BCUT2D eigenvalue weighted by Gasteiger charge is 1.88. The largest absolute Gasteiger partial charge is 0.0998 e. The Morgan fingerprint density at radius 2 is 2.20 bits per heavy atom. The van der Waals surface area contributed by atoms with Crippen LogP contribution >= 0.6 is 0 Å². The topological polar surface area (TPSA) is 0 Å². The molecule has 0 aromatic heterocycles. The highest BCUT2D eigenvalue weighted by Crippen LogP contribution is 2.04. The van der Waals surface area contributed by atoms with Crippen LogP contribution < -0.4 is 0 Å². The molecule has 0 heteroatoms. The summed E-state index contributed by atoms with van der Waals surface area (Å²) >= 11 is 0. The van der Waals surface area contributed by atoms with Gasteiger partial charge in [-0.2, -0.15) is 0 Å². The van der Waals surface area contributed by atoms with Crippen LogP contribution in [0.2, 0.25) is 0 Å². The monoisotopic (exact) mass is 138 g/mol. The molecule has 0 saturated carbocycles. The number of hydrogen-bond donors (Lipinski definition) is 0. The predicted octanol–water partition coefficient (Wildman–Crippen LogP) is 3.55. The minimum atomic E-state index is 0.722. The van der Waals surface area contributed by atoms with Crippen LogP contribution in [-0.2, 0) is 0 Å². The Kier molecular flexibility index (Phi) is 5.00. The summed E-state index contributed by atoms with van der Waals surface area (Å²) in [6, 6.07) is 0. The first-order chi connectivity index (χ1) is 4.66. The standard InChI is InChI=1S/C10H18/c1-5-10(4)8-6-7-9(2)3/h6,8,10H,2,5,7H2,1,3-4H3. The van der Waals surface area contributed by atoms with Gasteiger partial charge in [0.1, 0.15) is 0 Å². The lowest BCUT2D eigenvalue weighted by Gasteiger charge is -1.98. The SMILES string of the molecule is C=C(C)CC=CC(C)CC. The minimum absolute atomic E-state index is 0.722. The molecule has 1 unspecified atom stereocenters. The molecule has 0 amide bonds. The van der Waals surface area contributed by atoms with E-state index in [-0.39, 0.29) is 0 Å². The van der Waals surface area contributed by atoms with Gasteiger partial charge < -0.3 is 0 Å². The molecule has 0 heterocycles. The molecule has 0 aliphatic heterocycles. The van der Waals surface area contributed by atoms with Gasteiger partial charge >= 0.3 is 0 Å². The Morgan fingerprint density at radius 1 is 1.60 bits per heavy atom. The van der Waals surface area contributed by atoms with Gasteiger partial charge in [-0.1, -0.05) is 44.6 Å². The molecule has 1 atom stereocenters. The zero-order valence-corrected chi connectivity index (χ0v) is 7.35. The maximum absolute atomic E-state index is 3.83. The average molecular weight is 138 g/mol. The van der Waals surface area contributed by atoms with E-state index in [4.69, 9.17) is 0 Å². The van der Waals surface area contributed by atoms with Crippen molar-refractivity contribution in [1.82, 2.24) is 0 Å². The minimum Gasteiger partial charge on any atom is -0.0998 e. The van der Waals surface area contributed by atoms with Gasteiger partial charge in [-0.3, -0.25) is 0 Å². The summed E-state index contributed by atoms with van der Waals surface area (Å²) in [5.41, 5.74) is 1.24. The Balaban J connectivity index is 3.45. The molecule has 0 spiro atoms. The Labute approximate surface area is 64.6 Å². The van der Waals surface area contributed by atoms with Crippen molar-refractivity contribution in [2.24, 2.45) is 5.92 Å². The third kappa shape index (κ3) is 5.61. The lowest BCUT2D eigenvalue weighted by molar-refractivity contribution is 0.696. The van der Waals surface area contributed by atoms with Gasteiger partial charge in [-0.05, 0) is 19.3 Å². The lowest BCUT2D eigenvalue weighted by atomic mass is 10.1. The average Bonchev–Trinajstić information content (AvgIpc) is 1.87. The molecule has 0 aliphatic rings. The maximum atomic E-state index is 3.83. The number of hydrogen-bond acceptors (Lipinski definition) is 0. The zero-order chi connectivity index (χ0) is 7.98. The fraction of sp³-hybridized carbons (Fsp3) is 0.600. The first-order valence-electron chi connectivity index (χ1n) is 3.97. The van der Waals surface area contributed by atoms with Crippen molar-refractivity contribution in [3.63, 3.8) is 0 Å². The van der Waals surface area contributed by atoms with E-state index in [1.807, 2.05) is 0 Å². The molecule has 0 aromatic carbocycles. The number of allylic oxidation sites excluding steroid dienone is 3. The van der Waals surface area contributed by atoms with E-state index in [0.717, 1.165) is 12.3 Å². The van der Waals surface area contributed by atoms with Crippen LogP contribution in [0.25, 0.3) is 0 Å². The van der Waals surface area contributed by atoms with Crippen molar-refractivity contribution in [1.29, 1.82) is 0 Å². The Hall–Kier alpha value is -0.520. The van der Waals surface area contributed by atoms with Crippen molar-refractivity contribution in [3.8, 4) is 0 Å². The van der Waals surface area contributed by atoms with E-state index < -0.39 is 0 Å². The molecule has 0 fully saturated rings. The molecular formula is C10H18. The van der Waals surface area contributed by atoms with Crippen molar-refractivity contribution in [2.45, 2.75) is 33.6 Å². The van der Waals surface area contributed by atoms with Gasteiger partial charge in [-0.25, -0.2) is 0 Å². The van der Waals surface area contributed by atoms with Gasteiger partial charge in [0, 0.05) is 0 Å². The number of rotatable bonds is 4. The van der Waals surface area contributed by atoms with Crippen LogP contribution in [-0.4, -0.2) is 0 Å².